The quantitative estimate of drug-likeness (QED) is 0.713. The SMILES string of the molecule is Cc1nc([C@H]2CCCCN2Cc2ccccc2)c2sccn12. The summed E-state index contributed by atoms with van der Waals surface area (Å²) in [4.78, 5) is 8.83. The predicted molar refractivity (Wildman–Crippen MR) is 91.3 cm³/mol. The van der Waals surface area contributed by atoms with Gasteiger partial charge in [0.15, 0.2) is 0 Å². The summed E-state index contributed by atoms with van der Waals surface area (Å²) in [6.07, 6.45) is 5.95. The van der Waals surface area contributed by atoms with Crippen molar-refractivity contribution in [1.29, 1.82) is 0 Å². The maximum Gasteiger partial charge on any atom is 0.124 e. The van der Waals surface area contributed by atoms with Crippen molar-refractivity contribution in [2.45, 2.75) is 38.8 Å². The van der Waals surface area contributed by atoms with E-state index in [-0.39, 0.29) is 0 Å². The molecule has 1 aliphatic rings. The van der Waals surface area contributed by atoms with Crippen LogP contribution in [0.4, 0.5) is 0 Å². The topological polar surface area (TPSA) is 20.5 Å². The van der Waals surface area contributed by atoms with Crippen molar-refractivity contribution in [3.05, 3.63) is 59.0 Å². The van der Waals surface area contributed by atoms with Crippen molar-refractivity contribution in [1.82, 2.24) is 14.3 Å². The maximum atomic E-state index is 4.90. The van der Waals surface area contributed by atoms with Crippen LogP contribution in [0.5, 0.6) is 0 Å². The number of piperidine rings is 1. The Morgan fingerprint density at radius 2 is 2.09 bits per heavy atom. The van der Waals surface area contributed by atoms with E-state index in [0.717, 1.165) is 12.4 Å². The molecular weight excluding hydrogens is 290 g/mol. The number of hydrogen-bond acceptors (Lipinski definition) is 3. The summed E-state index contributed by atoms with van der Waals surface area (Å²) in [5.74, 6) is 1.11. The van der Waals surface area contributed by atoms with E-state index >= 15 is 0 Å². The Morgan fingerprint density at radius 1 is 1.23 bits per heavy atom. The third-order valence-electron chi connectivity index (χ3n) is 4.62. The van der Waals surface area contributed by atoms with Crippen LogP contribution in [-0.2, 0) is 6.54 Å². The lowest BCUT2D eigenvalue weighted by Gasteiger charge is -2.34. The number of imidazole rings is 1. The van der Waals surface area contributed by atoms with Gasteiger partial charge in [-0.25, -0.2) is 4.98 Å². The van der Waals surface area contributed by atoms with E-state index in [4.69, 9.17) is 4.98 Å². The molecule has 0 radical (unpaired) electrons. The highest BCUT2D eigenvalue weighted by Gasteiger charge is 2.28. The number of rotatable bonds is 3. The van der Waals surface area contributed by atoms with Crippen LogP contribution in [0, 0.1) is 6.92 Å². The van der Waals surface area contributed by atoms with E-state index in [1.165, 1.54) is 41.9 Å². The predicted octanol–water partition coefficient (Wildman–Crippen LogP) is 4.43. The minimum atomic E-state index is 0.455. The summed E-state index contributed by atoms with van der Waals surface area (Å²) in [6, 6.07) is 11.3. The van der Waals surface area contributed by atoms with E-state index in [1.807, 2.05) is 11.3 Å². The Kier molecular flexibility index (Phi) is 3.72. The van der Waals surface area contributed by atoms with Gasteiger partial charge in [0, 0.05) is 18.1 Å². The summed E-state index contributed by atoms with van der Waals surface area (Å²) >= 11 is 1.81. The summed E-state index contributed by atoms with van der Waals surface area (Å²) in [5.41, 5.74) is 2.68. The molecule has 22 heavy (non-hydrogen) atoms. The van der Waals surface area contributed by atoms with Gasteiger partial charge in [-0.15, -0.1) is 11.3 Å². The van der Waals surface area contributed by atoms with Gasteiger partial charge in [0.2, 0.25) is 0 Å². The fraction of sp³-hybridized carbons (Fsp3) is 0.389. The molecule has 3 aromatic rings. The van der Waals surface area contributed by atoms with Gasteiger partial charge >= 0.3 is 0 Å². The third kappa shape index (κ3) is 2.46. The molecule has 1 atom stereocenters. The van der Waals surface area contributed by atoms with Gasteiger partial charge in [-0.3, -0.25) is 9.30 Å². The number of aromatic nitrogens is 2. The van der Waals surface area contributed by atoms with Crippen molar-refractivity contribution in [3.63, 3.8) is 0 Å². The maximum absolute atomic E-state index is 4.90. The smallest absolute Gasteiger partial charge is 0.124 e. The highest BCUT2D eigenvalue weighted by atomic mass is 32.1. The number of fused-ring (bicyclic) bond motifs is 1. The van der Waals surface area contributed by atoms with Crippen LogP contribution in [-0.4, -0.2) is 20.8 Å². The van der Waals surface area contributed by atoms with Crippen molar-refractivity contribution in [3.8, 4) is 0 Å². The third-order valence-corrected chi connectivity index (χ3v) is 5.50. The summed E-state index contributed by atoms with van der Waals surface area (Å²) in [6.45, 7) is 4.30. The minimum Gasteiger partial charge on any atom is -0.294 e. The molecule has 0 unspecified atom stereocenters. The van der Waals surface area contributed by atoms with Crippen LogP contribution in [0.15, 0.2) is 41.9 Å². The zero-order valence-corrected chi connectivity index (χ0v) is 13.7. The lowest BCUT2D eigenvalue weighted by Crippen LogP contribution is -2.33. The zero-order valence-electron chi connectivity index (χ0n) is 12.9. The molecule has 2 aromatic heterocycles. The Bertz CT molecular complexity index is 759. The molecule has 0 amide bonds. The molecule has 0 spiro atoms. The molecule has 0 N–H and O–H groups in total. The molecule has 1 aromatic carbocycles. The molecule has 3 nitrogen and oxygen atoms in total. The molecule has 4 heteroatoms. The number of aryl methyl sites for hydroxylation is 1. The molecular formula is C18H21N3S. The van der Waals surface area contributed by atoms with Crippen LogP contribution in [0.25, 0.3) is 4.83 Å². The molecule has 1 aliphatic heterocycles. The molecule has 3 heterocycles. The summed E-state index contributed by atoms with van der Waals surface area (Å²) in [7, 11) is 0. The normalized spacial score (nSPS) is 19.8. The number of thiazole rings is 1. The number of benzene rings is 1. The fourth-order valence-corrected chi connectivity index (χ4v) is 4.44. The van der Waals surface area contributed by atoms with E-state index in [0.29, 0.717) is 6.04 Å². The molecule has 4 rings (SSSR count). The standard InChI is InChI=1S/C18H21N3S/c1-14-19-17(18-21(14)11-12-22-18)16-9-5-6-10-20(16)13-15-7-3-2-4-8-15/h2-4,7-8,11-12,16H,5-6,9-10,13H2,1H3/t16-/m1/s1. The Labute approximate surface area is 135 Å². The molecule has 0 bridgehead atoms. The van der Waals surface area contributed by atoms with E-state index in [1.54, 1.807) is 0 Å². The van der Waals surface area contributed by atoms with Crippen LogP contribution in [0.1, 0.15) is 42.4 Å². The second-order valence-electron chi connectivity index (χ2n) is 6.09. The average Bonchev–Trinajstić information content (AvgIpc) is 3.14. The highest BCUT2D eigenvalue weighted by Crippen LogP contribution is 2.35. The van der Waals surface area contributed by atoms with Crippen LogP contribution in [0.2, 0.25) is 0 Å². The second kappa shape index (κ2) is 5.86. The molecule has 114 valence electrons. The Balaban J connectivity index is 1.67. The van der Waals surface area contributed by atoms with Crippen molar-refractivity contribution < 1.29 is 0 Å². The highest BCUT2D eigenvalue weighted by molar-refractivity contribution is 7.15. The second-order valence-corrected chi connectivity index (χ2v) is 6.98. The fourth-order valence-electron chi connectivity index (χ4n) is 3.52. The van der Waals surface area contributed by atoms with Crippen molar-refractivity contribution in [2.75, 3.05) is 6.54 Å². The Hall–Kier alpha value is -1.65. The van der Waals surface area contributed by atoms with E-state index < -0.39 is 0 Å². The van der Waals surface area contributed by atoms with Crippen molar-refractivity contribution >= 4 is 16.2 Å². The number of hydrogen-bond donors (Lipinski definition) is 0. The molecule has 0 aliphatic carbocycles. The Morgan fingerprint density at radius 3 is 2.95 bits per heavy atom. The summed E-state index contributed by atoms with van der Waals surface area (Å²) in [5, 5.41) is 2.16. The first-order valence-electron chi connectivity index (χ1n) is 8.03. The van der Waals surface area contributed by atoms with E-state index in [2.05, 4.69) is 58.1 Å². The molecule has 1 fully saturated rings. The van der Waals surface area contributed by atoms with Gasteiger partial charge in [0.05, 0.1) is 11.7 Å². The van der Waals surface area contributed by atoms with Crippen LogP contribution in [0.3, 0.4) is 0 Å². The summed E-state index contributed by atoms with van der Waals surface area (Å²) < 4.78 is 2.23. The van der Waals surface area contributed by atoms with Crippen LogP contribution >= 0.6 is 11.3 Å². The van der Waals surface area contributed by atoms with Gasteiger partial charge in [-0.05, 0) is 31.9 Å². The van der Waals surface area contributed by atoms with Gasteiger partial charge in [0.25, 0.3) is 0 Å². The van der Waals surface area contributed by atoms with Crippen LogP contribution < -0.4 is 0 Å². The van der Waals surface area contributed by atoms with E-state index in [9.17, 15) is 0 Å². The monoisotopic (exact) mass is 311 g/mol. The lowest BCUT2D eigenvalue weighted by atomic mass is 9.99. The van der Waals surface area contributed by atoms with Crippen molar-refractivity contribution in [2.24, 2.45) is 0 Å². The lowest BCUT2D eigenvalue weighted by molar-refractivity contribution is 0.138. The van der Waals surface area contributed by atoms with Gasteiger partial charge in [-0.1, -0.05) is 36.8 Å². The molecule has 1 saturated heterocycles. The minimum absolute atomic E-state index is 0.455. The van der Waals surface area contributed by atoms with Gasteiger partial charge in [0.1, 0.15) is 10.7 Å². The number of nitrogens with zero attached hydrogens (tertiary/aromatic N) is 3. The average molecular weight is 311 g/mol. The number of likely N-dealkylation sites (tertiary alicyclic amines) is 1. The molecule has 0 saturated carbocycles. The first kappa shape index (κ1) is 14.0. The first-order chi connectivity index (χ1) is 10.8. The first-order valence-corrected chi connectivity index (χ1v) is 8.91. The zero-order chi connectivity index (χ0) is 14.9. The van der Waals surface area contributed by atoms with Gasteiger partial charge in [-0.2, -0.15) is 0 Å². The largest absolute Gasteiger partial charge is 0.294 e. The van der Waals surface area contributed by atoms with Gasteiger partial charge < -0.3 is 0 Å².